The zero-order valence-electron chi connectivity index (χ0n) is 19.6. The molecule has 0 saturated carbocycles. The largest absolute Gasteiger partial charge is 0.493 e. The van der Waals surface area contributed by atoms with E-state index in [4.69, 9.17) is 4.74 Å². The summed E-state index contributed by atoms with van der Waals surface area (Å²) in [6, 6.07) is 16.5. The van der Waals surface area contributed by atoms with Gasteiger partial charge in [0.05, 0.1) is 18.9 Å². The highest BCUT2D eigenvalue weighted by molar-refractivity contribution is 5.97. The third kappa shape index (κ3) is 7.34. The predicted octanol–water partition coefficient (Wildman–Crippen LogP) is 4.32. The Morgan fingerprint density at radius 3 is 2.39 bits per heavy atom. The lowest BCUT2D eigenvalue weighted by Gasteiger charge is -2.32. The van der Waals surface area contributed by atoms with Crippen molar-refractivity contribution < 1.29 is 19.1 Å². The van der Waals surface area contributed by atoms with Gasteiger partial charge in [0, 0.05) is 29.9 Å². The Hall–Kier alpha value is -3.35. The van der Waals surface area contributed by atoms with E-state index in [1.54, 1.807) is 29.2 Å². The van der Waals surface area contributed by atoms with E-state index in [1.165, 1.54) is 0 Å². The molecular weight excluding hydrogens is 418 g/mol. The van der Waals surface area contributed by atoms with Crippen molar-refractivity contribution in [3.8, 4) is 5.75 Å². The monoisotopic (exact) mass is 451 g/mol. The summed E-state index contributed by atoms with van der Waals surface area (Å²) in [6.45, 7) is 6.90. The smallest absolute Gasteiger partial charge is 0.229 e. The minimum Gasteiger partial charge on any atom is -0.493 e. The van der Waals surface area contributed by atoms with Crippen LogP contribution in [0.2, 0.25) is 0 Å². The van der Waals surface area contributed by atoms with Crippen molar-refractivity contribution in [3.63, 3.8) is 0 Å². The van der Waals surface area contributed by atoms with Gasteiger partial charge in [0.25, 0.3) is 0 Å². The summed E-state index contributed by atoms with van der Waals surface area (Å²) < 4.78 is 5.62. The quantitative estimate of drug-likeness (QED) is 0.656. The number of rotatable bonds is 7. The number of likely N-dealkylation sites (tertiary alicyclic amines) is 1. The Labute approximate surface area is 195 Å². The lowest BCUT2D eigenvalue weighted by molar-refractivity contribution is -0.135. The molecule has 2 aromatic rings. The minimum absolute atomic E-state index is 0.00433. The van der Waals surface area contributed by atoms with Crippen molar-refractivity contribution in [2.24, 2.45) is 11.3 Å². The SMILES string of the molecule is CC(C)(C)C(=O)Nc1cccc(NC(=O)C2CCCN(C(=O)CCOc3ccccc3)C2)c1. The average molecular weight is 452 g/mol. The summed E-state index contributed by atoms with van der Waals surface area (Å²) in [6.07, 6.45) is 1.79. The summed E-state index contributed by atoms with van der Waals surface area (Å²) in [4.78, 5) is 39.5. The molecule has 176 valence electrons. The van der Waals surface area contributed by atoms with Gasteiger partial charge in [0.1, 0.15) is 5.75 Å². The first-order valence-electron chi connectivity index (χ1n) is 11.4. The molecular formula is C26H33N3O4. The number of ether oxygens (including phenoxy) is 1. The van der Waals surface area contributed by atoms with Gasteiger partial charge in [0.2, 0.25) is 17.7 Å². The molecule has 0 radical (unpaired) electrons. The van der Waals surface area contributed by atoms with E-state index in [9.17, 15) is 14.4 Å². The number of anilines is 2. The molecule has 2 N–H and O–H groups in total. The average Bonchev–Trinajstić information content (AvgIpc) is 2.79. The van der Waals surface area contributed by atoms with E-state index < -0.39 is 5.41 Å². The zero-order chi connectivity index (χ0) is 23.8. The van der Waals surface area contributed by atoms with Crippen molar-refractivity contribution in [2.75, 3.05) is 30.3 Å². The Balaban J connectivity index is 1.50. The minimum atomic E-state index is -0.510. The summed E-state index contributed by atoms with van der Waals surface area (Å²) >= 11 is 0. The van der Waals surface area contributed by atoms with Crippen LogP contribution in [-0.4, -0.2) is 42.3 Å². The maximum absolute atomic E-state index is 12.9. The Kier molecular flexibility index (Phi) is 8.09. The summed E-state index contributed by atoms with van der Waals surface area (Å²) in [5.74, 6) is 0.249. The van der Waals surface area contributed by atoms with E-state index in [1.807, 2.05) is 51.1 Å². The van der Waals surface area contributed by atoms with Gasteiger partial charge < -0.3 is 20.3 Å². The van der Waals surface area contributed by atoms with Gasteiger partial charge >= 0.3 is 0 Å². The highest BCUT2D eigenvalue weighted by Gasteiger charge is 2.28. The number of nitrogens with one attached hydrogen (secondary N) is 2. The molecule has 0 aliphatic carbocycles. The van der Waals surface area contributed by atoms with E-state index in [-0.39, 0.29) is 30.1 Å². The second kappa shape index (κ2) is 11.0. The number of amides is 3. The fourth-order valence-electron chi connectivity index (χ4n) is 3.59. The summed E-state index contributed by atoms with van der Waals surface area (Å²) in [7, 11) is 0. The second-order valence-corrected chi connectivity index (χ2v) is 9.36. The Morgan fingerprint density at radius 2 is 1.70 bits per heavy atom. The fraction of sp³-hybridized carbons (Fsp3) is 0.423. The lowest BCUT2D eigenvalue weighted by Crippen LogP contribution is -2.44. The number of para-hydroxylation sites is 1. The number of nitrogens with zero attached hydrogens (tertiary/aromatic N) is 1. The first-order chi connectivity index (χ1) is 15.7. The van der Waals surface area contributed by atoms with Gasteiger partial charge in [-0.25, -0.2) is 0 Å². The van der Waals surface area contributed by atoms with Gasteiger partial charge in [0.15, 0.2) is 0 Å². The van der Waals surface area contributed by atoms with Crippen molar-refractivity contribution in [1.29, 1.82) is 0 Å². The molecule has 1 saturated heterocycles. The van der Waals surface area contributed by atoms with Gasteiger partial charge in [-0.2, -0.15) is 0 Å². The highest BCUT2D eigenvalue weighted by atomic mass is 16.5. The third-order valence-electron chi connectivity index (χ3n) is 5.54. The van der Waals surface area contributed by atoms with Crippen molar-refractivity contribution in [2.45, 2.75) is 40.0 Å². The van der Waals surface area contributed by atoms with Crippen LogP contribution in [0.15, 0.2) is 54.6 Å². The Morgan fingerprint density at radius 1 is 1.00 bits per heavy atom. The first-order valence-corrected chi connectivity index (χ1v) is 11.4. The first kappa shape index (κ1) is 24.3. The molecule has 2 aromatic carbocycles. The summed E-state index contributed by atoms with van der Waals surface area (Å²) in [5.41, 5.74) is 0.738. The Bertz CT molecular complexity index is 969. The molecule has 3 amide bonds. The van der Waals surface area contributed by atoms with Gasteiger partial charge in [-0.1, -0.05) is 45.0 Å². The maximum Gasteiger partial charge on any atom is 0.229 e. The zero-order valence-corrected chi connectivity index (χ0v) is 19.6. The van der Waals surface area contributed by atoms with Crippen molar-refractivity contribution in [1.82, 2.24) is 4.90 Å². The molecule has 0 aromatic heterocycles. The van der Waals surface area contributed by atoms with Gasteiger partial charge in [-0.05, 0) is 43.2 Å². The van der Waals surface area contributed by atoms with Crippen LogP contribution < -0.4 is 15.4 Å². The molecule has 1 atom stereocenters. The molecule has 0 bridgehead atoms. The second-order valence-electron chi connectivity index (χ2n) is 9.36. The number of hydrogen-bond donors (Lipinski definition) is 2. The van der Waals surface area contributed by atoms with E-state index in [0.717, 1.165) is 18.6 Å². The third-order valence-corrected chi connectivity index (χ3v) is 5.54. The van der Waals surface area contributed by atoms with E-state index in [2.05, 4.69) is 10.6 Å². The maximum atomic E-state index is 12.9. The van der Waals surface area contributed by atoms with Gasteiger partial charge in [-0.3, -0.25) is 14.4 Å². The van der Waals surface area contributed by atoms with Crippen LogP contribution in [0, 0.1) is 11.3 Å². The molecule has 1 aliphatic rings. The number of benzene rings is 2. The van der Waals surface area contributed by atoms with Crippen LogP contribution in [0.25, 0.3) is 0 Å². The van der Waals surface area contributed by atoms with E-state index in [0.29, 0.717) is 31.1 Å². The molecule has 0 spiro atoms. The normalized spacial score (nSPS) is 16.1. The van der Waals surface area contributed by atoms with Crippen LogP contribution in [0.5, 0.6) is 5.75 Å². The molecule has 1 unspecified atom stereocenters. The molecule has 33 heavy (non-hydrogen) atoms. The standard InChI is InChI=1S/C26H33N3O4/c1-26(2,3)25(32)28-21-11-7-10-20(17-21)27-24(31)19-9-8-15-29(18-19)23(30)14-16-33-22-12-5-4-6-13-22/h4-7,10-13,17,19H,8-9,14-16,18H2,1-3H3,(H,27,31)(H,28,32). The van der Waals surface area contributed by atoms with Crippen LogP contribution in [0.4, 0.5) is 11.4 Å². The summed E-state index contributed by atoms with van der Waals surface area (Å²) in [5, 5.41) is 5.81. The molecule has 7 nitrogen and oxygen atoms in total. The molecule has 1 heterocycles. The predicted molar refractivity (Wildman–Crippen MR) is 129 cm³/mol. The van der Waals surface area contributed by atoms with Crippen LogP contribution in [0.1, 0.15) is 40.0 Å². The fourth-order valence-corrected chi connectivity index (χ4v) is 3.59. The molecule has 1 fully saturated rings. The lowest BCUT2D eigenvalue weighted by atomic mass is 9.95. The number of carbonyl (C=O) groups is 3. The molecule has 3 rings (SSSR count). The van der Waals surface area contributed by atoms with Gasteiger partial charge in [-0.15, -0.1) is 0 Å². The highest BCUT2D eigenvalue weighted by Crippen LogP contribution is 2.23. The number of hydrogen-bond acceptors (Lipinski definition) is 4. The van der Waals surface area contributed by atoms with Crippen LogP contribution in [-0.2, 0) is 14.4 Å². The van der Waals surface area contributed by atoms with E-state index >= 15 is 0 Å². The molecule has 7 heteroatoms. The molecule has 1 aliphatic heterocycles. The van der Waals surface area contributed by atoms with Crippen molar-refractivity contribution >= 4 is 29.1 Å². The van der Waals surface area contributed by atoms with Crippen LogP contribution in [0.3, 0.4) is 0 Å². The van der Waals surface area contributed by atoms with Crippen LogP contribution >= 0.6 is 0 Å². The van der Waals surface area contributed by atoms with Crippen molar-refractivity contribution in [3.05, 3.63) is 54.6 Å². The number of piperidine rings is 1. The number of carbonyl (C=O) groups excluding carboxylic acids is 3. The topological polar surface area (TPSA) is 87.7 Å².